The van der Waals surface area contributed by atoms with Gasteiger partial charge in [0.25, 0.3) is 0 Å². The fraction of sp³-hybridized carbons (Fsp3) is 0.714. The highest BCUT2D eigenvalue weighted by Crippen LogP contribution is 2.36. The molecule has 1 aromatic rings. The summed E-state index contributed by atoms with van der Waals surface area (Å²) in [6, 6.07) is 0.505. The van der Waals surface area contributed by atoms with Crippen molar-refractivity contribution >= 4 is 17.4 Å². The zero-order valence-corrected chi connectivity index (χ0v) is 12.2. The summed E-state index contributed by atoms with van der Waals surface area (Å²) >= 11 is 6.11. The van der Waals surface area contributed by atoms with Crippen LogP contribution in [0.25, 0.3) is 0 Å². The van der Waals surface area contributed by atoms with Crippen molar-refractivity contribution in [1.29, 1.82) is 0 Å². The van der Waals surface area contributed by atoms with Gasteiger partial charge in [-0.1, -0.05) is 38.8 Å². The first-order chi connectivity index (χ1) is 8.52. The van der Waals surface area contributed by atoms with Crippen LogP contribution in [0.2, 0.25) is 5.15 Å². The van der Waals surface area contributed by atoms with Gasteiger partial charge < -0.3 is 5.32 Å². The van der Waals surface area contributed by atoms with Gasteiger partial charge in [0.1, 0.15) is 17.3 Å². The minimum absolute atomic E-state index is 0.430. The standard InChI is InChI=1S/C14H22ClN3/c1-4-11-12(15)16-9-17-13(11)18-10-6-5-7-14(2,3)8-10/h9-10H,4-8H2,1-3H3,(H,16,17,18). The predicted molar refractivity (Wildman–Crippen MR) is 76.1 cm³/mol. The van der Waals surface area contributed by atoms with Crippen LogP contribution >= 0.6 is 11.6 Å². The van der Waals surface area contributed by atoms with E-state index in [2.05, 4.69) is 36.1 Å². The van der Waals surface area contributed by atoms with Gasteiger partial charge in [-0.15, -0.1) is 0 Å². The molecular weight excluding hydrogens is 246 g/mol. The highest BCUT2D eigenvalue weighted by Gasteiger charge is 2.28. The first kappa shape index (κ1) is 13.6. The lowest BCUT2D eigenvalue weighted by Gasteiger charge is -2.36. The van der Waals surface area contributed by atoms with Crippen LogP contribution in [0.15, 0.2) is 6.33 Å². The van der Waals surface area contributed by atoms with Gasteiger partial charge in [-0.05, 0) is 31.1 Å². The largest absolute Gasteiger partial charge is 0.367 e. The molecule has 4 heteroatoms. The number of aromatic nitrogens is 2. The molecule has 0 bridgehead atoms. The third-order valence-electron chi connectivity index (χ3n) is 3.79. The molecule has 1 heterocycles. The Morgan fingerprint density at radius 2 is 2.22 bits per heavy atom. The number of anilines is 1. The van der Waals surface area contributed by atoms with Crippen LogP contribution < -0.4 is 5.32 Å². The Balaban J connectivity index is 2.12. The van der Waals surface area contributed by atoms with E-state index in [0.717, 1.165) is 17.8 Å². The third-order valence-corrected chi connectivity index (χ3v) is 4.12. The van der Waals surface area contributed by atoms with E-state index in [0.29, 0.717) is 16.6 Å². The summed E-state index contributed by atoms with van der Waals surface area (Å²) in [5, 5.41) is 4.14. The van der Waals surface area contributed by atoms with Crippen molar-refractivity contribution in [3.05, 3.63) is 17.0 Å². The van der Waals surface area contributed by atoms with Gasteiger partial charge in [-0.25, -0.2) is 9.97 Å². The normalized spacial score (nSPS) is 22.8. The second-order valence-corrected chi connectivity index (χ2v) is 6.31. The molecule has 1 aliphatic carbocycles. The summed E-state index contributed by atoms with van der Waals surface area (Å²) in [5.41, 5.74) is 1.46. The molecule has 1 N–H and O–H groups in total. The van der Waals surface area contributed by atoms with Crippen molar-refractivity contribution in [1.82, 2.24) is 9.97 Å². The van der Waals surface area contributed by atoms with E-state index in [-0.39, 0.29) is 0 Å². The highest BCUT2D eigenvalue weighted by atomic mass is 35.5. The number of rotatable bonds is 3. The Hall–Kier alpha value is -0.830. The maximum Gasteiger partial charge on any atom is 0.137 e. The highest BCUT2D eigenvalue weighted by molar-refractivity contribution is 6.30. The maximum atomic E-state index is 6.11. The molecular formula is C14H22ClN3. The van der Waals surface area contributed by atoms with Crippen molar-refractivity contribution in [2.45, 2.75) is 58.9 Å². The number of nitrogens with zero attached hydrogens (tertiary/aromatic N) is 2. The number of hydrogen-bond acceptors (Lipinski definition) is 3. The van der Waals surface area contributed by atoms with Crippen LogP contribution in [0.1, 0.15) is 52.0 Å². The topological polar surface area (TPSA) is 37.8 Å². The molecule has 2 rings (SSSR count). The van der Waals surface area contributed by atoms with Gasteiger partial charge in [-0.2, -0.15) is 0 Å². The maximum absolute atomic E-state index is 6.11. The molecule has 1 saturated carbocycles. The molecule has 1 atom stereocenters. The lowest BCUT2D eigenvalue weighted by molar-refractivity contribution is 0.229. The number of hydrogen-bond donors (Lipinski definition) is 1. The van der Waals surface area contributed by atoms with Crippen LogP contribution in [0.5, 0.6) is 0 Å². The first-order valence-electron chi connectivity index (χ1n) is 6.78. The Kier molecular flexibility index (Phi) is 4.10. The van der Waals surface area contributed by atoms with Crippen LogP contribution in [0.4, 0.5) is 5.82 Å². The zero-order valence-electron chi connectivity index (χ0n) is 11.5. The minimum atomic E-state index is 0.430. The molecule has 0 spiro atoms. The Morgan fingerprint density at radius 3 is 2.89 bits per heavy atom. The van der Waals surface area contributed by atoms with Crippen LogP contribution in [0.3, 0.4) is 0 Å². The number of halogens is 1. The summed E-state index contributed by atoms with van der Waals surface area (Å²) in [7, 11) is 0. The van der Waals surface area contributed by atoms with Crippen LogP contribution in [0, 0.1) is 5.41 Å². The molecule has 18 heavy (non-hydrogen) atoms. The first-order valence-corrected chi connectivity index (χ1v) is 7.15. The second-order valence-electron chi connectivity index (χ2n) is 5.95. The van der Waals surface area contributed by atoms with Gasteiger partial charge in [0.05, 0.1) is 0 Å². The van der Waals surface area contributed by atoms with Crippen molar-refractivity contribution in [2.75, 3.05) is 5.32 Å². The van der Waals surface area contributed by atoms with E-state index < -0.39 is 0 Å². The Labute approximate surface area is 114 Å². The fourth-order valence-corrected chi connectivity index (χ4v) is 3.11. The summed E-state index contributed by atoms with van der Waals surface area (Å²) in [5.74, 6) is 0.917. The molecule has 0 aromatic carbocycles. The minimum Gasteiger partial charge on any atom is -0.367 e. The average molecular weight is 268 g/mol. The summed E-state index contributed by atoms with van der Waals surface area (Å²) in [4.78, 5) is 8.39. The van der Waals surface area contributed by atoms with Crippen LogP contribution in [-0.4, -0.2) is 16.0 Å². The predicted octanol–water partition coefficient (Wildman–Crippen LogP) is 4.07. The molecule has 0 aliphatic heterocycles. The van der Waals surface area contributed by atoms with Crippen LogP contribution in [-0.2, 0) is 6.42 Å². The molecule has 100 valence electrons. The van der Waals surface area contributed by atoms with E-state index in [9.17, 15) is 0 Å². The quantitative estimate of drug-likeness (QED) is 0.839. The molecule has 3 nitrogen and oxygen atoms in total. The lowest BCUT2D eigenvalue weighted by Crippen LogP contribution is -2.32. The monoisotopic (exact) mass is 267 g/mol. The van der Waals surface area contributed by atoms with E-state index in [1.165, 1.54) is 32.0 Å². The average Bonchev–Trinajstić information content (AvgIpc) is 2.28. The Morgan fingerprint density at radius 1 is 1.44 bits per heavy atom. The van der Waals surface area contributed by atoms with Gasteiger partial charge in [-0.3, -0.25) is 0 Å². The van der Waals surface area contributed by atoms with Crippen molar-refractivity contribution in [3.63, 3.8) is 0 Å². The third kappa shape index (κ3) is 3.14. The fourth-order valence-electron chi connectivity index (χ4n) is 2.84. The zero-order chi connectivity index (χ0) is 13.2. The molecule has 1 aromatic heterocycles. The van der Waals surface area contributed by atoms with E-state index in [1.807, 2.05) is 0 Å². The van der Waals surface area contributed by atoms with Gasteiger partial charge in [0.15, 0.2) is 0 Å². The molecule has 0 radical (unpaired) electrons. The van der Waals surface area contributed by atoms with Gasteiger partial charge in [0, 0.05) is 11.6 Å². The molecule has 1 fully saturated rings. The van der Waals surface area contributed by atoms with Crippen molar-refractivity contribution in [2.24, 2.45) is 5.41 Å². The second kappa shape index (κ2) is 5.43. The van der Waals surface area contributed by atoms with Gasteiger partial charge >= 0.3 is 0 Å². The lowest BCUT2D eigenvalue weighted by atomic mass is 9.75. The summed E-state index contributed by atoms with van der Waals surface area (Å²) in [6.07, 6.45) is 7.41. The van der Waals surface area contributed by atoms with E-state index >= 15 is 0 Å². The molecule has 0 saturated heterocycles. The SMILES string of the molecule is CCc1c(Cl)ncnc1NC1CCCC(C)(C)C1. The molecule has 1 aliphatic rings. The van der Waals surface area contributed by atoms with Crippen molar-refractivity contribution in [3.8, 4) is 0 Å². The molecule has 1 unspecified atom stereocenters. The van der Waals surface area contributed by atoms with E-state index in [1.54, 1.807) is 0 Å². The Bertz CT molecular complexity index is 418. The molecule has 0 amide bonds. The van der Waals surface area contributed by atoms with Gasteiger partial charge in [0.2, 0.25) is 0 Å². The number of nitrogens with one attached hydrogen (secondary N) is 1. The van der Waals surface area contributed by atoms with Crippen molar-refractivity contribution < 1.29 is 0 Å². The summed E-state index contributed by atoms with van der Waals surface area (Å²) in [6.45, 7) is 6.77. The smallest absolute Gasteiger partial charge is 0.137 e. The van der Waals surface area contributed by atoms with E-state index in [4.69, 9.17) is 11.6 Å². The summed E-state index contributed by atoms with van der Waals surface area (Å²) < 4.78 is 0.